The zero-order valence-electron chi connectivity index (χ0n) is 19.4. The third-order valence-corrected chi connectivity index (χ3v) is 6.88. The van der Waals surface area contributed by atoms with Crippen molar-refractivity contribution < 1.29 is 19.7 Å². The van der Waals surface area contributed by atoms with E-state index in [9.17, 15) is 15.0 Å². The van der Waals surface area contributed by atoms with Gasteiger partial charge in [-0.05, 0) is 24.6 Å². The van der Waals surface area contributed by atoms with Crippen LogP contribution in [0.2, 0.25) is 0 Å². The highest BCUT2D eigenvalue weighted by atomic mass is 32.1. The second-order valence-electron chi connectivity index (χ2n) is 8.62. The van der Waals surface area contributed by atoms with Gasteiger partial charge in [0.15, 0.2) is 0 Å². The highest BCUT2D eigenvalue weighted by Gasteiger charge is 2.22. The van der Waals surface area contributed by atoms with E-state index in [0.717, 1.165) is 47.0 Å². The first-order valence-electron chi connectivity index (χ1n) is 11.6. The minimum absolute atomic E-state index is 0.0999. The summed E-state index contributed by atoms with van der Waals surface area (Å²) in [5, 5.41) is 24.0. The summed E-state index contributed by atoms with van der Waals surface area (Å²) in [5.41, 5.74) is 1.81. The number of benzene rings is 2. The van der Waals surface area contributed by atoms with E-state index < -0.39 is 12.1 Å². The second kappa shape index (κ2) is 11.7. The molecule has 8 nitrogen and oxygen atoms in total. The van der Waals surface area contributed by atoms with Crippen LogP contribution in [0.1, 0.15) is 16.6 Å². The van der Waals surface area contributed by atoms with E-state index in [0.29, 0.717) is 18.8 Å². The number of hydrogen-bond donors (Lipinski definition) is 3. The normalized spacial score (nSPS) is 16.9. The lowest BCUT2D eigenvalue weighted by Crippen LogP contribution is -2.51. The van der Waals surface area contributed by atoms with E-state index in [4.69, 9.17) is 4.74 Å². The number of thiazole rings is 1. The number of hydrogen-bond acceptors (Lipinski definition) is 8. The van der Waals surface area contributed by atoms with Crippen LogP contribution in [-0.2, 0) is 4.79 Å². The van der Waals surface area contributed by atoms with Crippen LogP contribution in [0, 0.1) is 6.92 Å². The number of amides is 1. The first-order chi connectivity index (χ1) is 16.5. The summed E-state index contributed by atoms with van der Waals surface area (Å²) in [6.45, 7) is 5.93. The topological polar surface area (TPSA) is 98.2 Å². The van der Waals surface area contributed by atoms with Crippen LogP contribution in [0.25, 0.3) is 10.2 Å². The van der Waals surface area contributed by atoms with Crippen molar-refractivity contribution in [2.24, 2.45) is 0 Å². The van der Waals surface area contributed by atoms with Gasteiger partial charge >= 0.3 is 0 Å². The van der Waals surface area contributed by atoms with E-state index in [1.807, 2.05) is 55.5 Å². The van der Waals surface area contributed by atoms with Gasteiger partial charge in [-0.15, -0.1) is 11.3 Å². The summed E-state index contributed by atoms with van der Waals surface area (Å²) < 4.78 is 6.92. The number of ether oxygens (including phenoxy) is 1. The van der Waals surface area contributed by atoms with Crippen molar-refractivity contribution in [1.82, 2.24) is 20.1 Å². The molecule has 0 saturated carbocycles. The van der Waals surface area contributed by atoms with Gasteiger partial charge in [-0.25, -0.2) is 4.98 Å². The Morgan fingerprint density at radius 2 is 1.88 bits per heavy atom. The van der Waals surface area contributed by atoms with E-state index in [1.165, 1.54) is 0 Å². The molecule has 182 valence electrons. The second-order valence-corrected chi connectivity index (χ2v) is 9.85. The molecule has 2 atom stereocenters. The monoisotopic (exact) mass is 484 g/mol. The summed E-state index contributed by atoms with van der Waals surface area (Å²) >= 11 is 1.65. The van der Waals surface area contributed by atoms with Crippen molar-refractivity contribution >= 4 is 27.5 Å². The van der Waals surface area contributed by atoms with Gasteiger partial charge in [0.1, 0.15) is 18.5 Å². The van der Waals surface area contributed by atoms with E-state index >= 15 is 0 Å². The Kier molecular flexibility index (Phi) is 8.47. The Balaban J connectivity index is 1.16. The quantitative estimate of drug-likeness (QED) is 0.404. The van der Waals surface area contributed by atoms with Gasteiger partial charge in [-0.2, -0.15) is 0 Å². The standard InChI is InChI=1S/C25H32N4O4S/c1-18-26-22-13-21(7-8-24(22)34-18)33-17-20(31)14-28-9-11-29(12-10-28)15-25(32)27-23(16-30)19-5-3-2-4-6-19/h2-8,13,20,23,30-31H,9-12,14-17H2,1H3,(H,27,32)/t20-,23-/m1/s1. The zero-order valence-corrected chi connectivity index (χ0v) is 20.2. The number of rotatable bonds is 10. The van der Waals surface area contributed by atoms with E-state index in [1.54, 1.807) is 11.3 Å². The number of piperazine rings is 1. The van der Waals surface area contributed by atoms with Gasteiger partial charge < -0.3 is 20.3 Å². The molecule has 9 heteroatoms. The molecule has 1 saturated heterocycles. The number of aliphatic hydroxyl groups is 2. The number of aromatic nitrogens is 1. The summed E-state index contributed by atoms with van der Waals surface area (Å²) in [6, 6.07) is 14.9. The van der Waals surface area contributed by atoms with Crippen LogP contribution >= 0.6 is 11.3 Å². The molecule has 2 aromatic carbocycles. The molecule has 1 aliphatic rings. The fourth-order valence-corrected chi connectivity index (χ4v) is 4.96. The summed E-state index contributed by atoms with van der Waals surface area (Å²) in [6.07, 6.45) is -0.598. The molecule has 3 aromatic rings. The highest BCUT2D eigenvalue weighted by Crippen LogP contribution is 2.25. The first kappa shape index (κ1) is 24.6. The lowest BCUT2D eigenvalue weighted by atomic mass is 10.1. The molecule has 4 rings (SSSR count). The molecule has 3 N–H and O–H groups in total. The minimum Gasteiger partial charge on any atom is -0.491 e. The van der Waals surface area contributed by atoms with Gasteiger partial charge in [-0.3, -0.25) is 14.6 Å². The third-order valence-electron chi connectivity index (χ3n) is 5.93. The molecule has 1 aliphatic heterocycles. The molecular formula is C25H32N4O4S. The largest absolute Gasteiger partial charge is 0.491 e. The van der Waals surface area contributed by atoms with Gasteiger partial charge in [-0.1, -0.05) is 30.3 Å². The third kappa shape index (κ3) is 6.74. The molecule has 0 unspecified atom stereocenters. The summed E-state index contributed by atoms with van der Waals surface area (Å²) in [7, 11) is 0. The maximum atomic E-state index is 12.5. The number of aliphatic hydroxyl groups excluding tert-OH is 2. The number of aryl methyl sites for hydroxylation is 1. The predicted octanol–water partition coefficient (Wildman–Crippen LogP) is 1.81. The van der Waals surface area contributed by atoms with E-state index in [-0.39, 0.29) is 19.1 Å². The van der Waals surface area contributed by atoms with Crippen LogP contribution in [0.15, 0.2) is 48.5 Å². The van der Waals surface area contributed by atoms with Crippen LogP contribution in [-0.4, -0.2) is 89.5 Å². The number of fused-ring (bicyclic) bond motifs is 1. The molecule has 1 amide bonds. The number of nitrogens with one attached hydrogen (secondary N) is 1. The molecular weight excluding hydrogens is 452 g/mol. The molecule has 0 spiro atoms. The molecule has 34 heavy (non-hydrogen) atoms. The van der Waals surface area contributed by atoms with Gasteiger partial charge in [0, 0.05) is 38.8 Å². The van der Waals surface area contributed by atoms with E-state index in [2.05, 4.69) is 20.1 Å². The molecule has 0 radical (unpaired) electrons. The van der Waals surface area contributed by atoms with Crippen LogP contribution in [0.5, 0.6) is 5.75 Å². The number of β-amino-alcohol motifs (C(OH)–C–C–N with tert-alkyl or cyclic N) is 1. The van der Waals surface area contributed by atoms with Gasteiger partial charge in [0.25, 0.3) is 0 Å². The maximum Gasteiger partial charge on any atom is 0.234 e. The number of nitrogens with zero attached hydrogens (tertiary/aromatic N) is 3. The molecule has 0 aliphatic carbocycles. The number of carbonyl (C=O) groups excluding carboxylic acids is 1. The van der Waals surface area contributed by atoms with Crippen LogP contribution in [0.3, 0.4) is 0 Å². The highest BCUT2D eigenvalue weighted by molar-refractivity contribution is 7.18. The van der Waals surface area contributed by atoms with Crippen molar-refractivity contribution in [3.05, 3.63) is 59.1 Å². The Morgan fingerprint density at radius 3 is 2.62 bits per heavy atom. The Bertz CT molecular complexity index is 1070. The first-order valence-corrected chi connectivity index (χ1v) is 12.4. The lowest BCUT2D eigenvalue weighted by molar-refractivity contribution is -0.123. The maximum absolute atomic E-state index is 12.5. The van der Waals surface area contributed by atoms with Crippen LogP contribution < -0.4 is 10.1 Å². The smallest absolute Gasteiger partial charge is 0.234 e. The molecule has 2 heterocycles. The molecule has 1 fully saturated rings. The van der Waals surface area contributed by atoms with Gasteiger partial charge in [0.2, 0.25) is 5.91 Å². The fraction of sp³-hybridized carbons (Fsp3) is 0.440. The summed E-state index contributed by atoms with van der Waals surface area (Å²) in [5.74, 6) is 0.612. The predicted molar refractivity (Wildman–Crippen MR) is 133 cm³/mol. The SMILES string of the molecule is Cc1nc2cc(OC[C@H](O)CN3CCN(CC(=O)N[C@H](CO)c4ccccc4)CC3)ccc2s1. The van der Waals surface area contributed by atoms with Crippen molar-refractivity contribution in [3.63, 3.8) is 0 Å². The Hall–Kier alpha value is -2.56. The lowest BCUT2D eigenvalue weighted by Gasteiger charge is -2.35. The zero-order chi connectivity index (χ0) is 23.9. The van der Waals surface area contributed by atoms with Crippen molar-refractivity contribution in [1.29, 1.82) is 0 Å². The molecule has 0 bridgehead atoms. The van der Waals surface area contributed by atoms with Crippen molar-refractivity contribution in [2.45, 2.75) is 19.1 Å². The Labute approximate surface area is 203 Å². The average molecular weight is 485 g/mol. The van der Waals surface area contributed by atoms with Crippen molar-refractivity contribution in [2.75, 3.05) is 52.5 Å². The average Bonchev–Trinajstić information content (AvgIpc) is 3.22. The molecule has 1 aromatic heterocycles. The Morgan fingerprint density at radius 1 is 1.15 bits per heavy atom. The van der Waals surface area contributed by atoms with Gasteiger partial charge in [0.05, 0.1) is 34.4 Å². The van der Waals surface area contributed by atoms with Crippen LogP contribution in [0.4, 0.5) is 0 Å². The summed E-state index contributed by atoms with van der Waals surface area (Å²) in [4.78, 5) is 21.2. The van der Waals surface area contributed by atoms with Crippen molar-refractivity contribution in [3.8, 4) is 5.75 Å². The number of carbonyl (C=O) groups is 1. The minimum atomic E-state index is -0.598. The fourth-order valence-electron chi connectivity index (χ4n) is 4.15.